The monoisotopic (exact) mass is 346 g/mol. The first-order valence-electron chi connectivity index (χ1n) is 7.49. The molecule has 0 spiro atoms. The van der Waals surface area contributed by atoms with Crippen LogP contribution in [-0.4, -0.2) is 39.5 Å². The summed E-state index contributed by atoms with van der Waals surface area (Å²) in [5.41, 5.74) is 0.978. The molecule has 25 heavy (non-hydrogen) atoms. The second-order valence-electron chi connectivity index (χ2n) is 5.37. The van der Waals surface area contributed by atoms with E-state index in [4.69, 9.17) is 0 Å². The molecule has 1 aromatic heterocycles. The van der Waals surface area contributed by atoms with Gasteiger partial charge in [-0.25, -0.2) is 14.3 Å². The Hall–Kier alpha value is -3.23. The molecule has 132 valence electrons. The van der Waals surface area contributed by atoms with Gasteiger partial charge in [0.05, 0.1) is 7.11 Å². The van der Waals surface area contributed by atoms with Crippen molar-refractivity contribution in [1.29, 1.82) is 0 Å². The minimum Gasteiger partial charge on any atom is -0.467 e. The number of rotatable bonds is 7. The van der Waals surface area contributed by atoms with Crippen LogP contribution in [0.15, 0.2) is 36.7 Å². The lowest BCUT2D eigenvalue weighted by Gasteiger charge is -2.14. The number of hydrogen-bond acceptors (Lipinski definition) is 6. The third kappa shape index (κ3) is 4.63. The Morgan fingerprint density at radius 1 is 1.36 bits per heavy atom. The topological polar surface area (TPSA) is 116 Å². The fourth-order valence-corrected chi connectivity index (χ4v) is 2.44. The zero-order valence-electron chi connectivity index (χ0n) is 13.8. The lowest BCUT2D eigenvalue weighted by atomic mass is 10.1. The van der Waals surface area contributed by atoms with Crippen LogP contribution >= 0.6 is 0 Å². The minimum atomic E-state index is -1.04. The number of nitrogens with one attached hydrogen (secondary N) is 1. The van der Waals surface area contributed by atoms with Gasteiger partial charge in [-0.1, -0.05) is 30.3 Å². The van der Waals surface area contributed by atoms with Crippen LogP contribution in [-0.2, 0) is 27.3 Å². The molecule has 0 aliphatic carbocycles. The van der Waals surface area contributed by atoms with Gasteiger partial charge in [-0.2, -0.15) is 0 Å². The molecule has 1 unspecified atom stereocenters. The van der Waals surface area contributed by atoms with E-state index in [0.29, 0.717) is 0 Å². The van der Waals surface area contributed by atoms with Crippen molar-refractivity contribution in [2.45, 2.75) is 25.9 Å². The van der Waals surface area contributed by atoms with E-state index in [0.717, 1.165) is 5.56 Å². The van der Waals surface area contributed by atoms with Gasteiger partial charge in [0.2, 0.25) is 5.91 Å². The first-order valence-corrected chi connectivity index (χ1v) is 7.49. The number of carbonyl (C=O) groups is 2. The van der Waals surface area contributed by atoms with Gasteiger partial charge >= 0.3 is 11.8 Å². The number of carbonyl (C=O) groups excluding carboxylic acids is 2. The Balaban J connectivity index is 2.29. The quantitative estimate of drug-likeness (QED) is 0.455. The third-order valence-corrected chi connectivity index (χ3v) is 3.51. The summed E-state index contributed by atoms with van der Waals surface area (Å²) in [5, 5.41) is 13.9. The molecular formula is C16H18N4O5. The van der Waals surface area contributed by atoms with Crippen LogP contribution in [0.3, 0.4) is 0 Å². The molecule has 2 rings (SSSR count). The summed E-state index contributed by atoms with van der Waals surface area (Å²) in [6.07, 6.45) is 1.22. The molecule has 0 aliphatic heterocycles. The molecule has 1 heterocycles. The SMILES string of the molecule is COC(=O)C(Cc1ncn(Cc2ccccc2)c1[N+](=O)[O-])NC(C)=O. The van der Waals surface area contributed by atoms with Crippen LogP contribution in [0.4, 0.5) is 5.82 Å². The lowest BCUT2D eigenvalue weighted by molar-refractivity contribution is -0.392. The van der Waals surface area contributed by atoms with Gasteiger partial charge in [-0.15, -0.1) is 0 Å². The van der Waals surface area contributed by atoms with Crippen LogP contribution in [0.2, 0.25) is 0 Å². The van der Waals surface area contributed by atoms with Crippen molar-refractivity contribution in [2.75, 3.05) is 7.11 Å². The van der Waals surface area contributed by atoms with Crippen molar-refractivity contribution in [1.82, 2.24) is 14.9 Å². The predicted octanol–water partition coefficient (Wildman–Crippen LogP) is 1.06. The summed E-state index contributed by atoms with van der Waals surface area (Å²) in [6, 6.07) is 8.18. The predicted molar refractivity (Wildman–Crippen MR) is 87.8 cm³/mol. The molecule has 0 saturated carbocycles. The van der Waals surface area contributed by atoms with Gasteiger partial charge in [0.15, 0.2) is 6.33 Å². The van der Waals surface area contributed by atoms with Crippen molar-refractivity contribution in [3.8, 4) is 0 Å². The molecule has 1 aromatic carbocycles. The maximum Gasteiger partial charge on any atom is 0.346 e. The highest BCUT2D eigenvalue weighted by atomic mass is 16.6. The Kier molecular flexibility index (Phi) is 5.83. The zero-order chi connectivity index (χ0) is 18.4. The van der Waals surface area contributed by atoms with Crippen molar-refractivity contribution in [3.05, 3.63) is 58.0 Å². The fourth-order valence-electron chi connectivity index (χ4n) is 2.44. The van der Waals surface area contributed by atoms with Crippen LogP contribution in [0.1, 0.15) is 18.2 Å². The Labute approximate surface area is 143 Å². The number of aromatic nitrogens is 2. The van der Waals surface area contributed by atoms with Gasteiger partial charge in [0.25, 0.3) is 0 Å². The van der Waals surface area contributed by atoms with Crippen molar-refractivity contribution >= 4 is 17.7 Å². The highest BCUT2D eigenvalue weighted by molar-refractivity contribution is 5.83. The molecule has 9 heteroatoms. The van der Waals surface area contributed by atoms with Gasteiger partial charge in [-0.3, -0.25) is 4.79 Å². The molecule has 9 nitrogen and oxygen atoms in total. The van der Waals surface area contributed by atoms with Crippen LogP contribution in [0.5, 0.6) is 0 Å². The third-order valence-electron chi connectivity index (χ3n) is 3.51. The van der Waals surface area contributed by atoms with E-state index in [2.05, 4.69) is 15.0 Å². The maximum absolute atomic E-state index is 11.8. The van der Waals surface area contributed by atoms with Crippen molar-refractivity contribution in [2.24, 2.45) is 0 Å². The average molecular weight is 346 g/mol. The van der Waals surface area contributed by atoms with Gasteiger partial charge in [0, 0.05) is 13.3 Å². The number of amides is 1. The normalized spacial score (nSPS) is 11.6. The molecule has 0 bridgehead atoms. The lowest BCUT2D eigenvalue weighted by Crippen LogP contribution is -2.42. The highest BCUT2D eigenvalue weighted by Crippen LogP contribution is 2.21. The number of esters is 1. The molecular weight excluding hydrogens is 328 g/mol. The van der Waals surface area contributed by atoms with Crippen LogP contribution in [0, 0.1) is 10.1 Å². The van der Waals surface area contributed by atoms with Gasteiger partial charge < -0.3 is 20.2 Å². The largest absolute Gasteiger partial charge is 0.467 e. The molecule has 0 saturated heterocycles. The first kappa shape index (κ1) is 18.1. The number of nitrogens with zero attached hydrogens (tertiary/aromatic N) is 3. The summed E-state index contributed by atoms with van der Waals surface area (Å²) in [6.45, 7) is 1.52. The second kappa shape index (κ2) is 8.04. The molecule has 1 amide bonds. The standard InChI is InChI=1S/C16H18N4O5/c1-11(21)18-14(16(22)25-2)8-13-15(20(23)24)19(10-17-13)9-12-6-4-3-5-7-12/h3-7,10,14H,8-9H2,1-2H3,(H,18,21). The molecule has 1 atom stereocenters. The number of hydrogen-bond donors (Lipinski definition) is 1. The average Bonchev–Trinajstić information content (AvgIpc) is 2.96. The molecule has 0 fully saturated rings. The number of ether oxygens (including phenoxy) is 1. The maximum atomic E-state index is 11.8. The van der Waals surface area contributed by atoms with Crippen LogP contribution in [0.25, 0.3) is 0 Å². The van der Waals surface area contributed by atoms with E-state index in [9.17, 15) is 19.7 Å². The number of nitro groups is 1. The zero-order valence-corrected chi connectivity index (χ0v) is 13.8. The summed E-state index contributed by atoms with van der Waals surface area (Å²) >= 11 is 0. The summed E-state index contributed by atoms with van der Waals surface area (Å²) in [7, 11) is 1.18. The van der Waals surface area contributed by atoms with E-state index < -0.39 is 22.8 Å². The molecule has 1 N–H and O–H groups in total. The highest BCUT2D eigenvalue weighted by Gasteiger charge is 2.28. The minimum absolute atomic E-state index is 0.102. The molecule has 0 radical (unpaired) electrons. The van der Waals surface area contributed by atoms with E-state index in [1.807, 2.05) is 30.3 Å². The van der Waals surface area contributed by atoms with E-state index in [1.165, 1.54) is 24.9 Å². The Bertz CT molecular complexity index is 772. The number of benzene rings is 1. The van der Waals surface area contributed by atoms with Crippen molar-refractivity contribution < 1.29 is 19.2 Å². The Morgan fingerprint density at radius 2 is 2.04 bits per heavy atom. The number of methoxy groups -OCH3 is 1. The Morgan fingerprint density at radius 3 is 2.60 bits per heavy atom. The van der Waals surface area contributed by atoms with E-state index in [1.54, 1.807) is 0 Å². The second-order valence-corrected chi connectivity index (χ2v) is 5.37. The van der Waals surface area contributed by atoms with Crippen molar-refractivity contribution in [3.63, 3.8) is 0 Å². The fraction of sp³-hybridized carbons (Fsp3) is 0.312. The smallest absolute Gasteiger partial charge is 0.346 e. The summed E-state index contributed by atoms with van der Waals surface area (Å²) in [5.74, 6) is -1.35. The van der Waals surface area contributed by atoms with E-state index >= 15 is 0 Å². The van der Waals surface area contributed by atoms with Gasteiger partial charge in [0.1, 0.15) is 18.3 Å². The first-order chi connectivity index (χ1) is 11.9. The summed E-state index contributed by atoms with van der Waals surface area (Å²) in [4.78, 5) is 38.0. The van der Waals surface area contributed by atoms with Gasteiger partial charge in [-0.05, 0) is 10.5 Å². The number of imidazole rings is 1. The van der Waals surface area contributed by atoms with E-state index in [-0.39, 0.29) is 24.5 Å². The summed E-state index contributed by atoms with van der Waals surface area (Å²) < 4.78 is 6.03. The van der Waals surface area contributed by atoms with Crippen LogP contribution < -0.4 is 5.32 Å². The molecule has 0 aliphatic rings. The molecule has 2 aromatic rings.